The van der Waals surface area contributed by atoms with Crippen molar-refractivity contribution in [1.29, 1.82) is 0 Å². The highest BCUT2D eigenvalue weighted by molar-refractivity contribution is 5.21. The Hall–Kier alpha value is -1.12. The molecule has 2 aliphatic carbocycles. The first kappa shape index (κ1) is 13.3. The van der Waals surface area contributed by atoms with Crippen molar-refractivity contribution in [3.8, 4) is 0 Å². The third kappa shape index (κ3) is 2.50. The summed E-state index contributed by atoms with van der Waals surface area (Å²) in [6.07, 6.45) is 16.5. The van der Waals surface area contributed by atoms with Crippen LogP contribution in [0.15, 0.2) is 48.6 Å². The standard InChI is InChI=1S/C16H22O2/c1-13-9-5-7-11-15(13,3)17-18-16(4)12-8-6-10-14(16)2/h5-14H,1-4H3. The van der Waals surface area contributed by atoms with Crippen molar-refractivity contribution < 1.29 is 9.78 Å². The first-order chi connectivity index (χ1) is 8.46. The summed E-state index contributed by atoms with van der Waals surface area (Å²) in [7, 11) is 0. The maximum absolute atomic E-state index is 5.77. The molecule has 2 aliphatic rings. The minimum atomic E-state index is -0.396. The molecule has 0 bridgehead atoms. The molecule has 0 aromatic rings. The summed E-state index contributed by atoms with van der Waals surface area (Å²) in [5, 5.41) is 0. The predicted molar refractivity (Wildman–Crippen MR) is 73.9 cm³/mol. The van der Waals surface area contributed by atoms with Crippen LogP contribution in [0.4, 0.5) is 0 Å². The Morgan fingerprint density at radius 3 is 1.44 bits per heavy atom. The van der Waals surface area contributed by atoms with Crippen LogP contribution in [0.2, 0.25) is 0 Å². The Morgan fingerprint density at radius 2 is 1.11 bits per heavy atom. The van der Waals surface area contributed by atoms with Crippen LogP contribution in [-0.4, -0.2) is 11.2 Å². The molecule has 4 atom stereocenters. The van der Waals surface area contributed by atoms with Gasteiger partial charge in [-0.15, -0.1) is 0 Å². The van der Waals surface area contributed by atoms with E-state index in [0.29, 0.717) is 11.8 Å². The fraction of sp³-hybridized carbons (Fsp3) is 0.500. The van der Waals surface area contributed by atoms with Crippen molar-refractivity contribution in [2.24, 2.45) is 11.8 Å². The third-order valence-corrected chi connectivity index (χ3v) is 4.09. The van der Waals surface area contributed by atoms with Gasteiger partial charge in [0.25, 0.3) is 0 Å². The molecule has 0 aliphatic heterocycles. The van der Waals surface area contributed by atoms with Gasteiger partial charge >= 0.3 is 0 Å². The summed E-state index contributed by atoms with van der Waals surface area (Å²) in [4.78, 5) is 11.5. The molecular formula is C16H22O2. The highest BCUT2D eigenvalue weighted by atomic mass is 17.2. The number of rotatable bonds is 3. The number of hydrogen-bond acceptors (Lipinski definition) is 2. The van der Waals surface area contributed by atoms with E-state index in [9.17, 15) is 0 Å². The van der Waals surface area contributed by atoms with Gasteiger partial charge in [-0.05, 0) is 26.0 Å². The van der Waals surface area contributed by atoms with Crippen LogP contribution in [-0.2, 0) is 9.78 Å². The van der Waals surface area contributed by atoms with E-state index in [4.69, 9.17) is 9.78 Å². The Kier molecular flexibility index (Phi) is 3.60. The van der Waals surface area contributed by atoms with Crippen LogP contribution in [0.25, 0.3) is 0 Å². The molecule has 0 N–H and O–H groups in total. The van der Waals surface area contributed by atoms with Crippen LogP contribution in [0.5, 0.6) is 0 Å². The van der Waals surface area contributed by atoms with Gasteiger partial charge in [0.15, 0.2) is 0 Å². The van der Waals surface area contributed by atoms with Crippen molar-refractivity contribution >= 4 is 0 Å². The number of hydrogen-bond donors (Lipinski definition) is 0. The van der Waals surface area contributed by atoms with E-state index in [-0.39, 0.29) is 0 Å². The van der Waals surface area contributed by atoms with Gasteiger partial charge < -0.3 is 0 Å². The van der Waals surface area contributed by atoms with Crippen molar-refractivity contribution in [1.82, 2.24) is 0 Å². The van der Waals surface area contributed by atoms with Gasteiger partial charge in [0.05, 0.1) is 0 Å². The minimum absolute atomic E-state index is 0.296. The highest BCUT2D eigenvalue weighted by Gasteiger charge is 2.36. The van der Waals surface area contributed by atoms with Gasteiger partial charge in [0.2, 0.25) is 0 Å². The Labute approximate surface area is 110 Å². The zero-order valence-electron chi connectivity index (χ0n) is 11.6. The van der Waals surface area contributed by atoms with Gasteiger partial charge in [-0.3, -0.25) is 0 Å². The molecule has 18 heavy (non-hydrogen) atoms. The quantitative estimate of drug-likeness (QED) is 0.554. The normalized spacial score (nSPS) is 42.4. The highest BCUT2D eigenvalue weighted by Crippen LogP contribution is 2.33. The molecule has 98 valence electrons. The summed E-state index contributed by atoms with van der Waals surface area (Å²) in [6, 6.07) is 0. The smallest absolute Gasteiger partial charge is 0.125 e. The van der Waals surface area contributed by atoms with Crippen molar-refractivity contribution in [2.45, 2.75) is 38.9 Å². The van der Waals surface area contributed by atoms with Gasteiger partial charge in [-0.2, -0.15) is 0 Å². The maximum Gasteiger partial charge on any atom is 0.125 e. The van der Waals surface area contributed by atoms with E-state index in [1.54, 1.807) is 0 Å². The van der Waals surface area contributed by atoms with Crippen LogP contribution in [0, 0.1) is 11.8 Å². The summed E-state index contributed by atoms with van der Waals surface area (Å²) in [6.45, 7) is 8.36. The van der Waals surface area contributed by atoms with Crippen LogP contribution < -0.4 is 0 Å². The molecule has 0 saturated heterocycles. The van der Waals surface area contributed by atoms with E-state index in [2.05, 4.69) is 26.0 Å². The first-order valence-electron chi connectivity index (χ1n) is 6.55. The first-order valence-corrected chi connectivity index (χ1v) is 6.55. The second kappa shape index (κ2) is 4.87. The van der Waals surface area contributed by atoms with Gasteiger partial charge in [-0.25, -0.2) is 9.78 Å². The summed E-state index contributed by atoms with van der Waals surface area (Å²) >= 11 is 0. The lowest BCUT2D eigenvalue weighted by molar-refractivity contribution is -0.398. The summed E-state index contributed by atoms with van der Waals surface area (Å²) in [5.41, 5.74) is -0.793. The lowest BCUT2D eigenvalue weighted by Gasteiger charge is -2.38. The third-order valence-electron chi connectivity index (χ3n) is 4.09. The molecule has 0 aromatic heterocycles. The van der Waals surface area contributed by atoms with E-state index >= 15 is 0 Å². The van der Waals surface area contributed by atoms with E-state index in [1.807, 2.05) is 50.3 Å². The Balaban J connectivity index is 2.03. The van der Waals surface area contributed by atoms with Gasteiger partial charge in [0, 0.05) is 11.8 Å². The monoisotopic (exact) mass is 246 g/mol. The van der Waals surface area contributed by atoms with Crippen molar-refractivity contribution in [3.63, 3.8) is 0 Å². The van der Waals surface area contributed by atoms with Crippen molar-refractivity contribution in [3.05, 3.63) is 48.6 Å². The zero-order chi connectivity index (χ0) is 13.2. The average Bonchev–Trinajstić information content (AvgIpc) is 2.35. The largest absolute Gasteiger partial charge is 0.225 e. The molecule has 0 aromatic carbocycles. The molecule has 2 nitrogen and oxygen atoms in total. The number of allylic oxidation sites excluding steroid dienone is 4. The van der Waals surface area contributed by atoms with Crippen LogP contribution >= 0.6 is 0 Å². The predicted octanol–water partition coefficient (Wildman–Crippen LogP) is 3.98. The zero-order valence-corrected chi connectivity index (χ0v) is 11.6. The second-order valence-electron chi connectivity index (χ2n) is 5.60. The molecule has 2 heteroatoms. The van der Waals surface area contributed by atoms with Crippen molar-refractivity contribution in [2.75, 3.05) is 0 Å². The average molecular weight is 246 g/mol. The molecule has 2 rings (SSSR count). The topological polar surface area (TPSA) is 18.5 Å². The fourth-order valence-corrected chi connectivity index (χ4v) is 2.03. The summed E-state index contributed by atoms with van der Waals surface area (Å²) in [5.74, 6) is 0.592. The SMILES string of the molecule is CC1C=CC=CC1(C)OOC1(C)C=CC=CC1C. The second-order valence-corrected chi connectivity index (χ2v) is 5.60. The molecule has 4 unspecified atom stereocenters. The maximum atomic E-state index is 5.77. The van der Waals surface area contributed by atoms with Crippen LogP contribution in [0.1, 0.15) is 27.7 Å². The Bertz CT molecular complexity index is 379. The van der Waals surface area contributed by atoms with Gasteiger partial charge in [0.1, 0.15) is 11.2 Å². The molecule has 0 spiro atoms. The minimum Gasteiger partial charge on any atom is -0.225 e. The molecule has 0 fully saturated rings. The molecular weight excluding hydrogens is 224 g/mol. The summed E-state index contributed by atoms with van der Waals surface area (Å²) < 4.78 is 0. The lowest BCUT2D eigenvalue weighted by Crippen LogP contribution is -2.41. The van der Waals surface area contributed by atoms with E-state index < -0.39 is 11.2 Å². The lowest BCUT2D eigenvalue weighted by atomic mass is 9.86. The fourth-order valence-electron chi connectivity index (χ4n) is 2.03. The Morgan fingerprint density at radius 1 is 0.722 bits per heavy atom. The molecule has 0 saturated carbocycles. The van der Waals surface area contributed by atoms with E-state index in [1.165, 1.54) is 0 Å². The van der Waals surface area contributed by atoms with E-state index in [0.717, 1.165) is 0 Å². The molecule has 0 radical (unpaired) electrons. The van der Waals surface area contributed by atoms with Crippen LogP contribution in [0.3, 0.4) is 0 Å². The molecule has 0 amide bonds. The molecule has 0 heterocycles. The van der Waals surface area contributed by atoms with Gasteiger partial charge in [-0.1, -0.05) is 50.3 Å².